The third kappa shape index (κ3) is 2.50. The minimum atomic E-state index is 0.366. The molecule has 3 heteroatoms. The van der Waals surface area contributed by atoms with Gasteiger partial charge < -0.3 is 4.74 Å². The van der Waals surface area contributed by atoms with Crippen LogP contribution in [0.5, 0.6) is 5.75 Å². The fourth-order valence-corrected chi connectivity index (χ4v) is 2.97. The lowest BCUT2D eigenvalue weighted by atomic mass is 9.97. The average molecular weight is 266 g/mol. The van der Waals surface area contributed by atoms with Crippen molar-refractivity contribution in [1.29, 1.82) is 0 Å². The van der Waals surface area contributed by atoms with E-state index in [4.69, 9.17) is 16.5 Å². The first kappa shape index (κ1) is 12.3. The second kappa shape index (κ2) is 4.75. The smallest absolute Gasteiger partial charge is 0.123 e. The van der Waals surface area contributed by atoms with E-state index in [0.29, 0.717) is 11.3 Å². The van der Waals surface area contributed by atoms with Gasteiger partial charge in [-0.15, -0.1) is 0 Å². The standard InChI is InChI=1S/C15H20ClNO/c1-15(7-8-15)13-4-2-3-5-14(13)18-11-12-6-9-17(16)10-12/h2-5,12H,6-11H2,1H3/t12-/m0/s1. The van der Waals surface area contributed by atoms with Crippen molar-refractivity contribution in [2.75, 3.05) is 19.7 Å². The van der Waals surface area contributed by atoms with Crippen LogP contribution in [0.25, 0.3) is 0 Å². The SMILES string of the molecule is CC1(c2ccccc2OC[C@H]2CCN(Cl)C2)CC1. The highest BCUT2D eigenvalue weighted by Gasteiger charge is 2.41. The monoisotopic (exact) mass is 265 g/mol. The van der Waals surface area contributed by atoms with E-state index < -0.39 is 0 Å². The van der Waals surface area contributed by atoms with Gasteiger partial charge in [0.05, 0.1) is 6.61 Å². The van der Waals surface area contributed by atoms with Gasteiger partial charge in [-0.3, -0.25) is 0 Å². The fraction of sp³-hybridized carbons (Fsp3) is 0.600. The number of hydrogen-bond acceptors (Lipinski definition) is 2. The molecule has 1 aliphatic heterocycles. The molecule has 1 aromatic rings. The summed E-state index contributed by atoms with van der Waals surface area (Å²) in [4.78, 5) is 0. The summed E-state index contributed by atoms with van der Waals surface area (Å²) in [6, 6.07) is 8.49. The van der Waals surface area contributed by atoms with Crippen LogP contribution >= 0.6 is 11.8 Å². The molecule has 0 bridgehead atoms. The molecule has 0 unspecified atom stereocenters. The first-order valence-corrected chi connectivity index (χ1v) is 7.14. The van der Waals surface area contributed by atoms with E-state index in [9.17, 15) is 0 Å². The van der Waals surface area contributed by atoms with E-state index in [1.165, 1.54) is 18.4 Å². The Morgan fingerprint density at radius 3 is 2.83 bits per heavy atom. The van der Waals surface area contributed by atoms with E-state index in [1.54, 1.807) is 0 Å². The van der Waals surface area contributed by atoms with Gasteiger partial charge in [0.1, 0.15) is 5.75 Å². The summed E-state index contributed by atoms with van der Waals surface area (Å²) in [6.07, 6.45) is 3.71. The summed E-state index contributed by atoms with van der Waals surface area (Å²) in [5.74, 6) is 1.65. The Morgan fingerprint density at radius 2 is 2.17 bits per heavy atom. The highest BCUT2D eigenvalue weighted by Crippen LogP contribution is 2.50. The summed E-state index contributed by atoms with van der Waals surface area (Å²) in [5, 5.41) is 0. The normalized spacial score (nSPS) is 26.2. The molecule has 98 valence electrons. The quantitative estimate of drug-likeness (QED) is 0.772. The Kier molecular flexibility index (Phi) is 3.25. The van der Waals surface area contributed by atoms with Crippen LogP contribution in [0.4, 0.5) is 0 Å². The molecule has 1 heterocycles. The van der Waals surface area contributed by atoms with Gasteiger partial charge in [0.25, 0.3) is 0 Å². The second-order valence-electron chi connectivity index (χ2n) is 5.89. The molecular formula is C15H20ClNO. The van der Waals surface area contributed by atoms with Gasteiger partial charge in [-0.05, 0) is 42.5 Å². The molecule has 0 N–H and O–H groups in total. The van der Waals surface area contributed by atoms with Gasteiger partial charge >= 0.3 is 0 Å². The van der Waals surface area contributed by atoms with E-state index in [2.05, 4.69) is 31.2 Å². The topological polar surface area (TPSA) is 12.5 Å². The van der Waals surface area contributed by atoms with E-state index in [-0.39, 0.29) is 0 Å². The fourth-order valence-electron chi connectivity index (χ4n) is 2.68. The molecule has 0 radical (unpaired) electrons. The minimum Gasteiger partial charge on any atom is -0.493 e. The lowest BCUT2D eigenvalue weighted by Gasteiger charge is -2.17. The Balaban J connectivity index is 1.66. The maximum Gasteiger partial charge on any atom is 0.123 e. The Bertz CT molecular complexity index is 430. The van der Waals surface area contributed by atoms with Crippen molar-refractivity contribution in [2.45, 2.75) is 31.6 Å². The molecular weight excluding hydrogens is 246 g/mol. The van der Waals surface area contributed by atoms with Crippen LogP contribution in [-0.4, -0.2) is 24.1 Å². The van der Waals surface area contributed by atoms with Crippen molar-refractivity contribution in [3.8, 4) is 5.75 Å². The van der Waals surface area contributed by atoms with E-state index in [1.807, 2.05) is 4.42 Å². The lowest BCUT2D eigenvalue weighted by Crippen LogP contribution is -2.16. The van der Waals surface area contributed by atoms with Gasteiger partial charge in [0.15, 0.2) is 0 Å². The first-order valence-electron chi connectivity index (χ1n) is 6.80. The molecule has 2 fully saturated rings. The predicted octanol–water partition coefficient (Wildman–Crippen LogP) is 3.59. The average Bonchev–Trinajstić information content (AvgIpc) is 2.98. The minimum absolute atomic E-state index is 0.366. The molecule has 1 saturated heterocycles. The molecule has 2 aliphatic rings. The third-order valence-electron chi connectivity index (χ3n) is 4.25. The Hall–Kier alpha value is -0.730. The number of halogens is 1. The maximum absolute atomic E-state index is 6.05. The van der Waals surface area contributed by atoms with Gasteiger partial charge in [0.2, 0.25) is 0 Å². The molecule has 0 aromatic heterocycles. The molecule has 0 spiro atoms. The number of hydrogen-bond donors (Lipinski definition) is 0. The molecule has 18 heavy (non-hydrogen) atoms. The van der Waals surface area contributed by atoms with Crippen molar-refractivity contribution in [2.24, 2.45) is 5.92 Å². The summed E-state index contributed by atoms with van der Waals surface area (Å²) in [7, 11) is 0. The number of rotatable bonds is 4. The predicted molar refractivity (Wildman–Crippen MR) is 74.1 cm³/mol. The van der Waals surface area contributed by atoms with E-state index >= 15 is 0 Å². The van der Waals surface area contributed by atoms with Crippen LogP contribution in [0, 0.1) is 5.92 Å². The lowest BCUT2D eigenvalue weighted by molar-refractivity contribution is 0.252. The van der Waals surface area contributed by atoms with Gasteiger partial charge in [-0.2, -0.15) is 0 Å². The van der Waals surface area contributed by atoms with Gasteiger partial charge in [-0.25, -0.2) is 4.42 Å². The molecule has 1 aliphatic carbocycles. The first-order chi connectivity index (χ1) is 8.67. The number of para-hydroxylation sites is 1. The maximum atomic E-state index is 6.05. The van der Waals surface area contributed by atoms with Crippen molar-refractivity contribution in [1.82, 2.24) is 4.42 Å². The summed E-state index contributed by atoms with van der Waals surface area (Å²) >= 11 is 5.98. The van der Waals surface area contributed by atoms with Crippen LogP contribution in [0.1, 0.15) is 31.7 Å². The van der Waals surface area contributed by atoms with Crippen LogP contribution in [0.3, 0.4) is 0 Å². The summed E-state index contributed by atoms with van der Waals surface area (Å²) in [6.45, 7) is 5.04. The van der Waals surface area contributed by atoms with Crippen LogP contribution in [-0.2, 0) is 5.41 Å². The van der Waals surface area contributed by atoms with Crippen molar-refractivity contribution >= 4 is 11.8 Å². The number of ether oxygens (including phenoxy) is 1. The van der Waals surface area contributed by atoms with Gasteiger partial charge in [0, 0.05) is 24.6 Å². The van der Waals surface area contributed by atoms with E-state index in [0.717, 1.165) is 31.9 Å². The zero-order valence-corrected chi connectivity index (χ0v) is 11.6. The highest BCUT2D eigenvalue weighted by atomic mass is 35.5. The zero-order valence-electron chi connectivity index (χ0n) is 10.9. The zero-order chi connectivity index (χ0) is 12.6. The van der Waals surface area contributed by atoms with Crippen LogP contribution in [0.15, 0.2) is 24.3 Å². The third-order valence-corrected chi connectivity index (χ3v) is 4.56. The molecule has 0 amide bonds. The van der Waals surface area contributed by atoms with Crippen molar-refractivity contribution < 1.29 is 4.74 Å². The molecule has 2 nitrogen and oxygen atoms in total. The molecule has 3 rings (SSSR count). The summed E-state index contributed by atoms with van der Waals surface area (Å²) in [5.41, 5.74) is 1.75. The summed E-state index contributed by atoms with van der Waals surface area (Å²) < 4.78 is 7.91. The molecule has 1 atom stereocenters. The molecule has 1 saturated carbocycles. The number of benzene rings is 1. The highest BCUT2D eigenvalue weighted by molar-refractivity contribution is 6.13. The Morgan fingerprint density at radius 1 is 1.39 bits per heavy atom. The largest absolute Gasteiger partial charge is 0.493 e. The molecule has 1 aromatic carbocycles. The van der Waals surface area contributed by atoms with Crippen LogP contribution < -0.4 is 4.74 Å². The van der Waals surface area contributed by atoms with Crippen molar-refractivity contribution in [3.05, 3.63) is 29.8 Å². The number of nitrogens with zero attached hydrogens (tertiary/aromatic N) is 1. The van der Waals surface area contributed by atoms with Crippen molar-refractivity contribution in [3.63, 3.8) is 0 Å². The van der Waals surface area contributed by atoms with Crippen LogP contribution in [0.2, 0.25) is 0 Å². The van der Waals surface area contributed by atoms with Gasteiger partial charge in [-0.1, -0.05) is 25.1 Å². The second-order valence-corrected chi connectivity index (χ2v) is 6.37. The Labute approximate surface area is 114 Å².